The lowest BCUT2D eigenvalue weighted by Gasteiger charge is -2.20. The molecule has 0 atom stereocenters. The van der Waals surface area contributed by atoms with E-state index in [-0.39, 0.29) is 11.3 Å². The van der Waals surface area contributed by atoms with Crippen molar-refractivity contribution < 1.29 is 5.11 Å². The van der Waals surface area contributed by atoms with Crippen molar-refractivity contribution in [1.82, 2.24) is 9.78 Å². The molecule has 3 aromatic rings. The second kappa shape index (κ2) is 5.58. The number of benzene rings is 2. The zero-order chi connectivity index (χ0) is 16.6. The molecule has 2 aromatic carbocycles. The van der Waals surface area contributed by atoms with Gasteiger partial charge in [0.05, 0.1) is 11.4 Å². The van der Waals surface area contributed by atoms with E-state index in [0.29, 0.717) is 0 Å². The Morgan fingerprint density at radius 3 is 2.09 bits per heavy atom. The highest BCUT2D eigenvalue weighted by atomic mass is 16.3. The van der Waals surface area contributed by atoms with Gasteiger partial charge in [-0.05, 0) is 24.5 Å². The van der Waals surface area contributed by atoms with Gasteiger partial charge in [-0.15, -0.1) is 5.10 Å². The summed E-state index contributed by atoms with van der Waals surface area (Å²) in [4.78, 5) is 0. The molecule has 0 spiro atoms. The third-order valence-electron chi connectivity index (χ3n) is 3.94. The number of aryl methyl sites for hydroxylation is 1. The van der Waals surface area contributed by atoms with Gasteiger partial charge < -0.3 is 5.11 Å². The number of nitrogens with zero attached hydrogens (tertiary/aromatic N) is 2. The topological polar surface area (TPSA) is 38.1 Å². The summed E-state index contributed by atoms with van der Waals surface area (Å²) in [6.07, 6.45) is 0. The Morgan fingerprint density at radius 2 is 1.52 bits per heavy atom. The van der Waals surface area contributed by atoms with Crippen LogP contribution in [-0.4, -0.2) is 14.9 Å². The molecular formula is C20H22N2O. The van der Waals surface area contributed by atoms with Gasteiger partial charge in [0.2, 0.25) is 5.88 Å². The van der Waals surface area contributed by atoms with Crippen LogP contribution in [0.15, 0.2) is 54.6 Å². The SMILES string of the molecule is Cc1ccc(-c2c(C(C)(C)C)c(O)nn2-c2ccccc2)cc1. The van der Waals surface area contributed by atoms with Crippen LogP contribution in [0.2, 0.25) is 0 Å². The summed E-state index contributed by atoms with van der Waals surface area (Å²) in [5, 5.41) is 14.9. The maximum atomic E-state index is 10.5. The van der Waals surface area contributed by atoms with Crippen LogP contribution in [-0.2, 0) is 5.41 Å². The van der Waals surface area contributed by atoms with Gasteiger partial charge in [0.1, 0.15) is 0 Å². The Bertz CT molecular complexity index is 809. The second-order valence-corrected chi connectivity index (χ2v) is 6.91. The molecule has 0 bridgehead atoms. The molecule has 0 saturated heterocycles. The molecule has 3 nitrogen and oxygen atoms in total. The van der Waals surface area contributed by atoms with Crippen molar-refractivity contribution in [2.75, 3.05) is 0 Å². The summed E-state index contributed by atoms with van der Waals surface area (Å²) in [7, 11) is 0. The van der Waals surface area contributed by atoms with Crippen LogP contribution < -0.4 is 0 Å². The van der Waals surface area contributed by atoms with E-state index in [4.69, 9.17) is 0 Å². The quantitative estimate of drug-likeness (QED) is 0.735. The van der Waals surface area contributed by atoms with Crippen LogP contribution in [0.1, 0.15) is 31.9 Å². The Labute approximate surface area is 137 Å². The van der Waals surface area contributed by atoms with E-state index in [0.717, 1.165) is 22.5 Å². The number of hydrogen-bond donors (Lipinski definition) is 1. The van der Waals surface area contributed by atoms with Gasteiger partial charge >= 0.3 is 0 Å². The van der Waals surface area contributed by atoms with Crippen molar-refractivity contribution in [1.29, 1.82) is 0 Å². The molecule has 118 valence electrons. The molecule has 0 amide bonds. The fraction of sp³-hybridized carbons (Fsp3) is 0.250. The Balaban J connectivity index is 2.32. The fourth-order valence-electron chi connectivity index (χ4n) is 2.83. The summed E-state index contributed by atoms with van der Waals surface area (Å²) < 4.78 is 1.83. The lowest BCUT2D eigenvalue weighted by molar-refractivity contribution is 0.427. The van der Waals surface area contributed by atoms with Gasteiger partial charge in [-0.2, -0.15) is 0 Å². The normalized spacial score (nSPS) is 11.7. The summed E-state index contributed by atoms with van der Waals surface area (Å²) in [5.74, 6) is 0.0944. The summed E-state index contributed by atoms with van der Waals surface area (Å²) in [5.41, 5.74) is 4.80. The minimum absolute atomic E-state index is 0.0944. The van der Waals surface area contributed by atoms with Gasteiger partial charge in [0.25, 0.3) is 0 Å². The number of aromatic nitrogens is 2. The third-order valence-corrected chi connectivity index (χ3v) is 3.94. The molecule has 23 heavy (non-hydrogen) atoms. The van der Waals surface area contributed by atoms with Crippen molar-refractivity contribution in [2.45, 2.75) is 33.1 Å². The zero-order valence-electron chi connectivity index (χ0n) is 14.0. The highest BCUT2D eigenvalue weighted by Gasteiger charge is 2.29. The van der Waals surface area contributed by atoms with Crippen molar-refractivity contribution in [3.8, 4) is 22.8 Å². The van der Waals surface area contributed by atoms with Gasteiger partial charge in [0, 0.05) is 11.1 Å². The van der Waals surface area contributed by atoms with E-state index in [1.807, 2.05) is 35.0 Å². The lowest BCUT2D eigenvalue weighted by atomic mass is 9.85. The summed E-state index contributed by atoms with van der Waals surface area (Å²) >= 11 is 0. The second-order valence-electron chi connectivity index (χ2n) is 6.91. The molecule has 0 fully saturated rings. The number of aromatic hydroxyl groups is 1. The predicted octanol–water partition coefficient (Wildman–Crippen LogP) is 4.85. The summed E-state index contributed by atoms with van der Waals surface area (Å²) in [6, 6.07) is 18.3. The number of para-hydroxylation sites is 1. The van der Waals surface area contributed by atoms with Crippen LogP contribution in [0.5, 0.6) is 5.88 Å². The molecular weight excluding hydrogens is 284 g/mol. The first kappa shape index (κ1) is 15.3. The molecule has 3 heteroatoms. The van der Waals surface area contributed by atoms with Crippen LogP contribution in [0.25, 0.3) is 16.9 Å². The van der Waals surface area contributed by atoms with E-state index >= 15 is 0 Å². The van der Waals surface area contributed by atoms with E-state index < -0.39 is 0 Å². The van der Waals surface area contributed by atoms with Crippen LogP contribution in [0.4, 0.5) is 0 Å². The molecule has 0 aliphatic rings. The first-order valence-electron chi connectivity index (χ1n) is 7.83. The highest BCUT2D eigenvalue weighted by Crippen LogP contribution is 2.40. The predicted molar refractivity (Wildman–Crippen MR) is 94.1 cm³/mol. The van der Waals surface area contributed by atoms with Crippen LogP contribution in [0, 0.1) is 6.92 Å². The van der Waals surface area contributed by atoms with Gasteiger partial charge in [-0.25, -0.2) is 4.68 Å². The molecule has 1 N–H and O–H groups in total. The monoisotopic (exact) mass is 306 g/mol. The minimum atomic E-state index is -0.211. The van der Waals surface area contributed by atoms with Gasteiger partial charge in [-0.3, -0.25) is 0 Å². The minimum Gasteiger partial charge on any atom is -0.492 e. The average Bonchev–Trinajstić information content (AvgIpc) is 2.86. The largest absolute Gasteiger partial charge is 0.492 e. The highest BCUT2D eigenvalue weighted by molar-refractivity contribution is 5.70. The fourth-order valence-corrected chi connectivity index (χ4v) is 2.83. The molecule has 1 heterocycles. The number of rotatable bonds is 2. The maximum Gasteiger partial charge on any atom is 0.235 e. The molecule has 0 saturated carbocycles. The first-order valence-corrected chi connectivity index (χ1v) is 7.83. The average molecular weight is 306 g/mol. The standard InChI is InChI=1S/C20H22N2O/c1-14-10-12-15(13-11-14)18-17(20(2,3)4)19(23)21-22(18)16-8-6-5-7-9-16/h5-13H,1-4H3,(H,21,23). The lowest BCUT2D eigenvalue weighted by Crippen LogP contribution is -2.12. The Morgan fingerprint density at radius 1 is 0.913 bits per heavy atom. The smallest absolute Gasteiger partial charge is 0.235 e. The van der Waals surface area contributed by atoms with Gasteiger partial charge in [0.15, 0.2) is 0 Å². The molecule has 0 radical (unpaired) electrons. The van der Waals surface area contributed by atoms with E-state index in [2.05, 4.69) is 57.1 Å². The molecule has 3 rings (SSSR count). The molecule has 1 aromatic heterocycles. The van der Waals surface area contributed by atoms with Crippen LogP contribution >= 0.6 is 0 Å². The summed E-state index contributed by atoms with van der Waals surface area (Å²) in [6.45, 7) is 8.35. The van der Waals surface area contributed by atoms with Crippen molar-refractivity contribution in [3.05, 3.63) is 65.7 Å². The molecule has 0 aliphatic heterocycles. The van der Waals surface area contributed by atoms with Crippen molar-refractivity contribution in [3.63, 3.8) is 0 Å². The van der Waals surface area contributed by atoms with Crippen LogP contribution in [0.3, 0.4) is 0 Å². The molecule has 0 aliphatic carbocycles. The first-order chi connectivity index (χ1) is 10.9. The number of hydrogen-bond acceptors (Lipinski definition) is 2. The van der Waals surface area contributed by atoms with E-state index in [1.54, 1.807) is 0 Å². The van der Waals surface area contributed by atoms with Gasteiger partial charge in [-0.1, -0.05) is 68.8 Å². The third kappa shape index (κ3) is 2.87. The Kier molecular flexibility index (Phi) is 3.72. The van der Waals surface area contributed by atoms with Crippen molar-refractivity contribution >= 4 is 0 Å². The maximum absolute atomic E-state index is 10.5. The van der Waals surface area contributed by atoms with E-state index in [1.165, 1.54) is 5.56 Å². The molecule has 0 unspecified atom stereocenters. The Hall–Kier alpha value is -2.55. The zero-order valence-corrected chi connectivity index (χ0v) is 14.0. The van der Waals surface area contributed by atoms with E-state index in [9.17, 15) is 5.11 Å². The van der Waals surface area contributed by atoms with Crippen molar-refractivity contribution in [2.24, 2.45) is 0 Å².